The lowest BCUT2D eigenvalue weighted by atomic mass is 10.0. The lowest BCUT2D eigenvalue weighted by Crippen LogP contribution is -2.36. The summed E-state index contributed by atoms with van der Waals surface area (Å²) in [6.45, 7) is 4.34. The Hall–Kier alpha value is 0.0100. The maximum Gasteiger partial charge on any atom is 0.0438 e. The van der Waals surface area contributed by atoms with Crippen LogP contribution in [-0.2, 0) is 0 Å². The first-order valence-corrected chi connectivity index (χ1v) is 7.54. The summed E-state index contributed by atoms with van der Waals surface area (Å²) in [6, 6.07) is 0. The molecule has 0 fully saturated rings. The van der Waals surface area contributed by atoms with Crippen molar-refractivity contribution in [3.05, 3.63) is 10.5 Å². The minimum atomic E-state index is 0.860. The molecular formula is C13H24N2S. The molecule has 1 unspecified atom stereocenters. The summed E-state index contributed by atoms with van der Waals surface area (Å²) in [6.07, 6.45) is 9.44. The van der Waals surface area contributed by atoms with Gasteiger partial charge in [0.15, 0.2) is 0 Å². The predicted octanol–water partition coefficient (Wildman–Crippen LogP) is 3.30. The first-order chi connectivity index (χ1) is 7.79. The molecule has 1 atom stereocenters. The van der Waals surface area contributed by atoms with E-state index >= 15 is 0 Å². The van der Waals surface area contributed by atoms with Gasteiger partial charge in [0, 0.05) is 18.3 Å². The molecule has 3 heteroatoms. The number of hydrogen-bond acceptors (Lipinski definition) is 3. The fourth-order valence-corrected chi connectivity index (χ4v) is 4.20. The van der Waals surface area contributed by atoms with Gasteiger partial charge in [-0.1, -0.05) is 25.3 Å². The van der Waals surface area contributed by atoms with Gasteiger partial charge in [0.05, 0.1) is 0 Å². The molecule has 2 N–H and O–H groups in total. The van der Waals surface area contributed by atoms with Crippen LogP contribution in [0.1, 0.15) is 51.9 Å². The van der Waals surface area contributed by atoms with Gasteiger partial charge in [0.1, 0.15) is 0 Å². The Morgan fingerprint density at radius 3 is 3.12 bits per heavy atom. The van der Waals surface area contributed by atoms with Crippen LogP contribution in [0.3, 0.4) is 0 Å². The Labute approximate surface area is 104 Å². The van der Waals surface area contributed by atoms with Crippen LogP contribution in [0.25, 0.3) is 0 Å². The Bertz CT molecular complexity index is 263. The van der Waals surface area contributed by atoms with Gasteiger partial charge in [-0.25, -0.2) is 5.01 Å². The van der Waals surface area contributed by atoms with Crippen molar-refractivity contribution >= 4 is 11.8 Å². The minimum absolute atomic E-state index is 0.860. The second-order valence-electron chi connectivity index (χ2n) is 5.02. The van der Waals surface area contributed by atoms with Gasteiger partial charge in [0.2, 0.25) is 0 Å². The van der Waals surface area contributed by atoms with Gasteiger partial charge in [-0.3, -0.25) is 5.84 Å². The first-order valence-electron chi connectivity index (χ1n) is 6.66. The fourth-order valence-electron chi connectivity index (χ4n) is 2.62. The molecule has 2 nitrogen and oxygen atoms in total. The number of nitrogens with zero attached hydrogens (tertiary/aromatic N) is 1. The molecule has 2 rings (SSSR count). The van der Waals surface area contributed by atoms with Crippen LogP contribution in [0.15, 0.2) is 10.5 Å². The van der Waals surface area contributed by atoms with E-state index in [-0.39, 0.29) is 0 Å². The maximum absolute atomic E-state index is 5.92. The van der Waals surface area contributed by atoms with Crippen molar-refractivity contribution in [3.8, 4) is 0 Å². The zero-order valence-electron chi connectivity index (χ0n) is 10.4. The van der Waals surface area contributed by atoms with E-state index in [4.69, 9.17) is 5.84 Å². The van der Waals surface area contributed by atoms with E-state index in [1.165, 1.54) is 44.9 Å². The Morgan fingerprint density at radius 1 is 1.44 bits per heavy atom. The van der Waals surface area contributed by atoms with Crippen LogP contribution in [0, 0.1) is 0 Å². The number of unbranched alkanes of at least 4 members (excludes halogenated alkanes) is 1. The number of rotatable bonds is 3. The first kappa shape index (κ1) is 12.5. The summed E-state index contributed by atoms with van der Waals surface area (Å²) < 4.78 is 0. The highest BCUT2D eigenvalue weighted by Crippen LogP contribution is 2.39. The van der Waals surface area contributed by atoms with Crippen molar-refractivity contribution in [2.24, 2.45) is 5.84 Å². The number of hydrogen-bond donors (Lipinski definition) is 1. The minimum Gasteiger partial charge on any atom is -0.268 e. The molecule has 0 aromatic rings. The van der Waals surface area contributed by atoms with Crippen molar-refractivity contribution < 1.29 is 0 Å². The average molecular weight is 240 g/mol. The second-order valence-corrected chi connectivity index (χ2v) is 6.42. The smallest absolute Gasteiger partial charge is 0.0438 e. The Morgan fingerprint density at radius 2 is 2.31 bits per heavy atom. The highest BCUT2D eigenvalue weighted by Gasteiger charge is 2.23. The molecule has 0 bridgehead atoms. The predicted molar refractivity (Wildman–Crippen MR) is 72.2 cm³/mol. The van der Waals surface area contributed by atoms with E-state index < -0.39 is 0 Å². The van der Waals surface area contributed by atoms with Gasteiger partial charge >= 0.3 is 0 Å². The Balaban J connectivity index is 1.96. The topological polar surface area (TPSA) is 29.3 Å². The SMILES string of the molecule is CCCCC1CCCC2=C(CN(N)CC2)S1. The van der Waals surface area contributed by atoms with E-state index in [0.29, 0.717) is 0 Å². The van der Waals surface area contributed by atoms with E-state index in [0.717, 1.165) is 18.3 Å². The molecule has 2 aliphatic rings. The molecule has 92 valence electrons. The highest BCUT2D eigenvalue weighted by atomic mass is 32.2. The third kappa shape index (κ3) is 3.25. The Kier molecular flexibility index (Phi) is 4.74. The molecule has 0 aromatic heterocycles. The normalized spacial score (nSPS) is 27.8. The van der Waals surface area contributed by atoms with Crippen LogP contribution in [0.2, 0.25) is 0 Å². The molecule has 0 amide bonds. The molecule has 2 aliphatic heterocycles. The van der Waals surface area contributed by atoms with Crippen LogP contribution in [-0.4, -0.2) is 23.3 Å². The van der Waals surface area contributed by atoms with Gasteiger partial charge < -0.3 is 0 Å². The largest absolute Gasteiger partial charge is 0.268 e. The summed E-state index contributed by atoms with van der Waals surface area (Å²) in [5, 5.41) is 2.84. The number of nitrogens with two attached hydrogens (primary N) is 1. The summed E-state index contributed by atoms with van der Waals surface area (Å²) >= 11 is 2.14. The summed E-state index contributed by atoms with van der Waals surface area (Å²) in [5.41, 5.74) is 1.71. The van der Waals surface area contributed by atoms with Gasteiger partial charge in [-0.2, -0.15) is 0 Å². The van der Waals surface area contributed by atoms with Gasteiger partial charge in [-0.05, 0) is 37.0 Å². The second kappa shape index (κ2) is 6.08. The summed E-state index contributed by atoms with van der Waals surface area (Å²) in [4.78, 5) is 1.60. The molecule has 0 aromatic carbocycles. The van der Waals surface area contributed by atoms with Crippen LogP contribution in [0.4, 0.5) is 0 Å². The molecule has 2 heterocycles. The standard InChI is InChI=1S/C13H24N2S/c1-2-3-6-12-7-4-5-11-8-9-15(14)10-13(11)16-12/h12H,2-10,14H2,1H3. The van der Waals surface area contributed by atoms with E-state index in [9.17, 15) is 0 Å². The van der Waals surface area contributed by atoms with Crippen LogP contribution >= 0.6 is 11.8 Å². The van der Waals surface area contributed by atoms with Crippen LogP contribution < -0.4 is 5.84 Å². The van der Waals surface area contributed by atoms with E-state index in [1.807, 2.05) is 5.01 Å². The summed E-state index contributed by atoms with van der Waals surface area (Å²) in [7, 11) is 0. The highest BCUT2D eigenvalue weighted by molar-refractivity contribution is 8.03. The van der Waals surface area contributed by atoms with Crippen molar-refractivity contribution in [1.82, 2.24) is 5.01 Å². The molecular weight excluding hydrogens is 216 g/mol. The summed E-state index contributed by atoms with van der Waals surface area (Å²) in [5.74, 6) is 5.92. The maximum atomic E-state index is 5.92. The quantitative estimate of drug-likeness (QED) is 0.768. The van der Waals surface area contributed by atoms with Gasteiger partial charge in [-0.15, -0.1) is 11.8 Å². The van der Waals surface area contributed by atoms with Crippen molar-refractivity contribution in [2.45, 2.75) is 57.1 Å². The molecule has 0 spiro atoms. The number of thioether (sulfide) groups is 1. The van der Waals surface area contributed by atoms with E-state index in [2.05, 4.69) is 18.7 Å². The van der Waals surface area contributed by atoms with Crippen molar-refractivity contribution in [1.29, 1.82) is 0 Å². The lowest BCUT2D eigenvalue weighted by molar-refractivity contribution is 0.300. The molecule has 16 heavy (non-hydrogen) atoms. The van der Waals surface area contributed by atoms with Crippen molar-refractivity contribution in [3.63, 3.8) is 0 Å². The number of hydrazine groups is 1. The zero-order valence-corrected chi connectivity index (χ0v) is 11.2. The lowest BCUT2D eigenvalue weighted by Gasteiger charge is -2.27. The van der Waals surface area contributed by atoms with Crippen molar-refractivity contribution in [2.75, 3.05) is 13.1 Å². The average Bonchev–Trinajstić information content (AvgIpc) is 2.47. The third-order valence-corrected chi connectivity index (χ3v) is 5.14. The molecule has 0 saturated heterocycles. The van der Waals surface area contributed by atoms with E-state index in [1.54, 1.807) is 10.5 Å². The monoisotopic (exact) mass is 240 g/mol. The van der Waals surface area contributed by atoms with Gasteiger partial charge in [0.25, 0.3) is 0 Å². The fraction of sp³-hybridized carbons (Fsp3) is 0.846. The molecule has 0 saturated carbocycles. The zero-order chi connectivity index (χ0) is 11.4. The molecule has 0 radical (unpaired) electrons. The van der Waals surface area contributed by atoms with Crippen LogP contribution in [0.5, 0.6) is 0 Å². The third-order valence-electron chi connectivity index (χ3n) is 3.64. The molecule has 0 aliphatic carbocycles.